The number of hydrogen-bond acceptors (Lipinski definition) is 3. The van der Waals surface area contributed by atoms with Crippen LogP contribution in [0.2, 0.25) is 0 Å². The highest BCUT2D eigenvalue weighted by Gasteiger charge is 2.14. The first-order valence-corrected chi connectivity index (χ1v) is 5.82. The third-order valence-electron chi connectivity index (χ3n) is 2.51. The number of nitrogens with one attached hydrogen (secondary N) is 1. The molecule has 2 amide bonds. The molecule has 0 fully saturated rings. The lowest BCUT2D eigenvalue weighted by Crippen LogP contribution is -2.38. The van der Waals surface area contributed by atoms with Gasteiger partial charge in [0.15, 0.2) is 0 Å². The highest BCUT2D eigenvalue weighted by atomic mass is 16.3. The summed E-state index contributed by atoms with van der Waals surface area (Å²) in [6, 6.07) is 6.67. The summed E-state index contributed by atoms with van der Waals surface area (Å²) >= 11 is 0. The van der Waals surface area contributed by atoms with E-state index in [1.165, 1.54) is 11.0 Å². The topological polar surface area (TPSA) is 69.6 Å². The van der Waals surface area contributed by atoms with Gasteiger partial charge < -0.3 is 15.3 Å². The zero-order valence-corrected chi connectivity index (χ0v) is 10.6. The summed E-state index contributed by atoms with van der Waals surface area (Å²) in [6.45, 7) is 2.39. The smallest absolute Gasteiger partial charge is 0.239 e. The highest BCUT2D eigenvalue weighted by molar-refractivity contribution is 5.85. The van der Waals surface area contributed by atoms with Crippen LogP contribution in [0, 0.1) is 0 Å². The number of benzene rings is 1. The molecule has 0 unspecified atom stereocenters. The molecule has 1 aromatic rings. The Kier molecular flexibility index (Phi) is 5.17. The maximum atomic E-state index is 11.8. The molecule has 0 saturated carbocycles. The molecule has 1 aromatic carbocycles. The Morgan fingerprint density at radius 3 is 2.61 bits per heavy atom. The van der Waals surface area contributed by atoms with Gasteiger partial charge in [-0.2, -0.15) is 0 Å². The molecular weight excluding hydrogens is 232 g/mol. The van der Waals surface area contributed by atoms with E-state index in [0.717, 1.165) is 0 Å². The molecule has 0 aliphatic carbocycles. The highest BCUT2D eigenvalue weighted by Crippen LogP contribution is 2.16. The predicted octanol–water partition coefficient (Wildman–Crippen LogP) is 0.529. The van der Waals surface area contributed by atoms with Crippen molar-refractivity contribution in [2.24, 2.45) is 0 Å². The lowest BCUT2D eigenvalue weighted by molar-refractivity contribution is -0.134. The van der Waals surface area contributed by atoms with Crippen molar-refractivity contribution < 1.29 is 14.7 Å². The largest absolute Gasteiger partial charge is 0.508 e. The number of likely N-dealkylation sites (N-methyl/N-ethyl adjacent to an activating group) is 2. The van der Waals surface area contributed by atoms with Crippen LogP contribution >= 0.6 is 0 Å². The number of hydrogen-bond donors (Lipinski definition) is 2. The van der Waals surface area contributed by atoms with Gasteiger partial charge >= 0.3 is 0 Å². The summed E-state index contributed by atoms with van der Waals surface area (Å²) in [7, 11) is 1.57. The van der Waals surface area contributed by atoms with E-state index in [0.29, 0.717) is 12.1 Å². The second kappa shape index (κ2) is 6.64. The average Bonchev–Trinajstić information content (AvgIpc) is 2.32. The van der Waals surface area contributed by atoms with Crippen molar-refractivity contribution in [3.63, 3.8) is 0 Å². The first-order chi connectivity index (χ1) is 8.54. The van der Waals surface area contributed by atoms with E-state index in [1.54, 1.807) is 25.2 Å². The molecule has 5 heteroatoms. The minimum atomic E-state index is -0.206. The van der Waals surface area contributed by atoms with Crippen LogP contribution in [0.1, 0.15) is 12.5 Å². The van der Waals surface area contributed by atoms with Gasteiger partial charge in [0.05, 0.1) is 13.0 Å². The minimum absolute atomic E-state index is 0.0280. The second-order valence-corrected chi connectivity index (χ2v) is 4.01. The second-order valence-electron chi connectivity index (χ2n) is 4.01. The zero-order valence-electron chi connectivity index (χ0n) is 10.6. The van der Waals surface area contributed by atoms with Crippen LogP contribution in [-0.4, -0.2) is 42.0 Å². The molecule has 0 radical (unpaired) electrons. The number of phenols is 1. The first kappa shape index (κ1) is 14.0. The van der Waals surface area contributed by atoms with Crippen molar-refractivity contribution in [3.8, 4) is 5.75 Å². The van der Waals surface area contributed by atoms with Gasteiger partial charge in [0, 0.05) is 19.2 Å². The summed E-state index contributed by atoms with van der Waals surface area (Å²) in [6.07, 6.45) is 0.0859. The first-order valence-electron chi connectivity index (χ1n) is 5.82. The zero-order chi connectivity index (χ0) is 13.5. The van der Waals surface area contributed by atoms with Gasteiger partial charge in [-0.15, -0.1) is 0 Å². The van der Waals surface area contributed by atoms with E-state index in [1.807, 2.05) is 6.92 Å². The van der Waals surface area contributed by atoms with Gasteiger partial charge in [-0.3, -0.25) is 9.59 Å². The molecule has 0 aliphatic rings. The molecule has 18 heavy (non-hydrogen) atoms. The van der Waals surface area contributed by atoms with Crippen molar-refractivity contribution in [2.45, 2.75) is 13.3 Å². The minimum Gasteiger partial charge on any atom is -0.508 e. The molecule has 0 saturated heterocycles. The Hall–Kier alpha value is -2.04. The molecule has 0 heterocycles. The third kappa shape index (κ3) is 4.08. The lowest BCUT2D eigenvalue weighted by Gasteiger charge is -2.16. The Balaban J connectivity index is 2.55. The fraction of sp³-hybridized carbons (Fsp3) is 0.385. The standard InChI is InChI=1S/C13H18N2O3/c1-3-14-12(17)9-15(2)13(18)8-10-6-4-5-7-11(10)16/h4-7,16H,3,8-9H2,1-2H3,(H,14,17). The molecule has 0 aliphatic heterocycles. The Bertz CT molecular complexity index is 432. The SMILES string of the molecule is CCNC(=O)CN(C)C(=O)Cc1ccccc1O. The molecule has 98 valence electrons. The maximum Gasteiger partial charge on any atom is 0.239 e. The fourth-order valence-corrected chi connectivity index (χ4v) is 1.51. The van der Waals surface area contributed by atoms with Gasteiger partial charge in [-0.25, -0.2) is 0 Å². The van der Waals surface area contributed by atoms with Crippen LogP contribution in [0.3, 0.4) is 0 Å². The molecule has 0 bridgehead atoms. The van der Waals surface area contributed by atoms with E-state index in [2.05, 4.69) is 5.32 Å². The Labute approximate surface area is 106 Å². The van der Waals surface area contributed by atoms with E-state index in [4.69, 9.17) is 0 Å². The summed E-state index contributed by atoms with van der Waals surface area (Å²) in [5.41, 5.74) is 0.560. The monoisotopic (exact) mass is 250 g/mol. The number of phenolic OH excluding ortho intramolecular Hbond substituents is 1. The van der Waals surface area contributed by atoms with Gasteiger partial charge in [0.2, 0.25) is 11.8 Å². The van der Waals surface area contributed by atoms with Crippen molar-refractivity contribution in [1.29, 1.82) is 0 Å². The summed E-state index contributed by atoms with van der Waals surface area (Å²) < 4.78 is 0. The van der Waals surface area contributed by atoms with E-state index in [9.17, 15) is 14.7 Å². The predicted molar refractivity (Wildman–Crippen MR) is 68.1 cm³/mol. The van der Waals surface area contributed by atoms with Crippen molar-refractivity contribution in [3.05, 3.63) is 29.8 Å². The van der Waals surface area contributed by atoms with Crippen molar-refractivity contribution in [1.82, 2.24) is 10.2 Å². The molecule has 5 nitrogen and oxygen atoms in total. The summed E-state index contributed by atoms with van der Waals surface area (Å²) in [5, 5.41) is 12.2. The summed E-state index contributed by atoms with van der Waals surface area (Å²) in [5.74, 6) is -0.300. The number of nitrogens with zero attached hydrogens (tertiary/aromatic N) is 1. The third-order valence-corrected chi connectivity index (χ3v) is 2.51. The van der Waals surface area contributed by atoms with E-state index in [-0.39, 0.29) is 30.5 Å². The van der Waals surface area contributed by atoms with Crippen LogP contribution < -0.4 is 5.32 Å². The summed E-state index contributed by atoms with van der Waals surface area (Å²) in [4.78, 5) is 24.5. The number of aromatic hydroxyl groups is 1. The quantitative estimate of drug-likeness (QED) is 0.801. The van der Waals surface area contributed by atoms with Crippen LogP contribution in [0.25, 0.3) is 0 Å². The van der Waals surface area contributed by atoms with Crippen LogP contribution in [-0.2, 0) is 16.0 Å². The van der Waals surface area contributed by atoms with E-state index < -0.39 is 0 Å². The molecule has 0 spiro atoms. The average molecular weight is 250 g/mol. The number of amides is 2. The molecule has 0 aromatic heterocycles. The normalized spacial score (nSPS) is 9.89. The Morgan fingerprint density at radius 1 is 1.33 bits per heavy atom. The van der Waals surface area contributed by atoms with Crippen molar-refractivity contribution >= 4 is 11.8 Å². The number of rotatable bonds is 5. The van der Waals surface area contributed by atoms with Crippen LogP contribution in [0.15, 0.2) is 24.3 Å². The van der Waals surface area contributed by atoms with E-state index >= 15 is 0 Å². The van der Waals surface area contributed by atoms with Crippen LogP contribution in [0.5, 0.6) is 5.75 Å². The number of carbonyl (C=O) groups excluding carboxylic acids is 2. The van der Waals surface area contributed by atoms with Crippen molar-refractivity contribution in [2.75, 3.05) is 20.1 Å². The molecular formula is C13H18N2O3. The fourth-order valence-electron chi connectivity index (χ4n) is 1.51. The molecule has 1 rings (SSSR count). The van der Waals surface area contributed by atoms with Gasteiger partial charge in [0.1, 0.15) is 5.75 Å². The van der Waals surface area contributed by atoms with Gasteiger partial charge in [-0.1, -0.05) is 18.2 Å². The Morgan fingerprint density at radius 2 is 2.00 bits per heavy atom. The molecule has 0 atom stereocenters. The van der Waals surface area contributed by atoms with Gasteiger partial charge in [-0.05, 0) is 13.0 Å². The van der Waals surface area contributed by atoms with Gasteiger partial charge in [0.25, 0.3) is 0 Å². The lowest BCUT2D eigenvalue weighted by atomic mass is 10.1. The number of carbonyl (C=O) groups is 2. The van der Waals surface area contributed by atoms with Crippen LogP contribution in [0.4, 0.5) is 0 Å². The molecule has 2 N–H and O–H groups in total. The number of para-hydroxylation sites is 1. The maximum absolute atomic E-state index is 11.8.